The summed E-state index contributed by atoms with van der Waals surface area (Å²) in [6, 6.07) is 0.496. The lowest BCUT2D eigenvalue weighted by Crippen LogP contribution is -2.24. The highest BCUT2D eigenvalue weighted by atomic mass is 16.5. The highest BCUT2D eigenvalue weighted by Gasteiger charge is 2.23. The molecule has 0 aromatic carbocycles. The van der Waals surface area contributed by atoms with Crippen molar-refractivity contribution in [1.82, 2.24) is 15.5 Å². The number of hydrogen-bond acceptors (Lipinski definition) is 4. The van der Waals surface area contributed by atoms with Crippen molar-refractivity contribution in [2.75, 3.05) is 0 Å². The maximum absolute atomic E-state index is 5.32. The molecule has 18 heavy (non-hydrogen) atoms. The van der Waals surface area contributed by atoms with Crippen molar-refractivity contribution in [1.29, 1.82) is 0 Å². The van der Waals surface area contributed by atoms with Crippen LogP contribution in [0.2, 0.25) is 0 Å². The standard InChI is InChI=1S/C14H25N3O/c1-4-11(3)15-9-13-16-14(17-18-13)12-7-5-10(2)6-8-12/h10-12,15H,4-9H2,1-3H3. The predicted octanol–water partition coefficient (Wildman–Crippen LogP) is 3.25. The third kappa shape index (κ3) is 3.55. The Bertz CT molecular complexity index is 356. The molecule has 1 fully saturated rings. The predicted molar refractivity (Wildman–Crippen MR) is 71.3 cm³/mol. The molecule has 0 aliphatic heterocycles. The van der Waals surface area contributed by atoms with Crippen LogP contribution in [0.3, 0.4) is 0 Å². The van der Waals surface area contributed by atoms with E-state index in [4.69, 9.17) is 4.52 Å². The van der Waals surface area contributed by atoms with Crippen LogP contribution < -0.4 is 5.32 Å². The summed E-state index contributed by atoms with van der Waals surface area (Å²) in [5.74, 6) is 3.02. The summed E-state index contributed by atoms with van der Waals surface area (Å²) in [4.78, 5) is 4.52. The molecule has 1 unspecified atom stereocenters. The molecule has 1 aromatic rings. The molecule has 1 N–H and O–H groups in total. The van der Waals surface area contributed by atoms with E-state index in [1.807, 2.05) is 0 Å². The summed E-state index contributed by atoms with van der Waals surface area (Å²) in [6.45, 7) is 7.35. The Morgan fingerprint density at radius 2 is 2.06 bits per heavy atom. The minimum Gasteiger partial charge on any atom is -0.338 e. The van der Waals surface area contributed by atoms with Crippen LogP contribution in [-0.4, -0.2) is 16.2 Å². The van der Waals surface area contributed by atoms with Crippen LogP contribution in [0.5, 0.6) is 0 Å². The SMILES string of the molecule is CCC(C)NCc1nc(C2CCC(C)CC2)no1. The van der Waals surface area contributed by atoms with Gasteiger partial charge < -0.3 is 9.84 Å². The Morgan fingerprint density at radius 3 is 2.72 bits per heavy atom. The van der Waals surface area contributed by atoms with Crippen LogP contribution in [0.4, 0.5) is 0 Å². The maximum atomic E-state index is 5.32. The summed E-state index contributed by atoms with van der Waals surface area (Å²) in [5, 5.41) is 7.52. The van der Waals surface area contributed by atoms with Crippen molar-refractivity contribution >= 4 is 0 Å². The normalized spacial score (nSPS) is 26.2. The smallest absolute Gasteiger partial charge is 0.240 e. The van der Waals surface area contributed by atoms with Crippen molar-refractivity contribution < 1.29 is 4.52 Å². The van der Waals surface area contributed by atoms with Crippen LogP contribution in [0.1, 0.15) is 70.5 Å². The largest absolute Gasteiger partial charge is 0.338 e. The molecule has 1 aliphatic carbocycles. The summed E-state index contributed by atoms with van der Waals surface area (Å²) in [6.07, 6.45) is 6.11. The Kier molecular flexibility index (Phi) is 4.75. The van der Waals surface area contributed by atoms with E-state index in [2.05, 4.69) is 36.2 Å². The molecular formula is C14H25N3O. The van der Waals surface area contributed by atoms with Crippen molar-refractivity contribution in [2.45, 2.75) is 71.4 Å². The molecule has 102 valence electrons. The molecule has 1 aliphatic rings. The highest BCUT2D eigenvalue weighted by molar-refractivity contribution is 4.97. The van der Waals surface area contributed by atoms with Gasteiger partial charge in [0.25, 0.3) is 0 Å². The van der Waals surface area contributed by atoms with Gasteiger partial charge in [0.05, 0.1) is 6.54 Å². The van der Waals surface area contributed by atoms with Gasteiger partial charge in [-0.1, -0.05) is 31.8 Å². The van der Waals surface area contributed by atoms with E-state index in [1.54, 1.807) is 0 Å². The Morgan fingerprint density at radius 1 is 1.33 bits per heavy atom. The molecule has 0 saturated heterocycles. The summed E-state index contributed by atoms with van der Waals surface area (Å²) in [5.41, 5.74) is 0. The number of nitrogens with zero attached hydrogens (tertiary/aromatic N) is 2. The quantitative estimate of drug-likeness (QED) is 0.872. The maximum Gasteiger partial charge on any atom is 0.240 e. The van der Waals surface area contributed by atoms with Crippen molar-refractivity contribution in [3.63, 3.8) is 0 Å². The van der Waals surface area contributed by atoms with Gasteiger partial charge in [-0.15, -0.1) is 0 Å². The molecule has 1 aromatic heterocycles. The molecule has 0 radical (unpaired) electrons. The summed E-state index contributed by atoms with van der Waals surface area (Å²) >= 11 is 0. The van der Waals surface area contributed by atoms with E-state index < -0.39 is 0 Å². The van der Waals surface area contributed by atoms with Gasteiger partial charge in [0.15, 0.2) is 5.82 Å². The molecule has 0 spiro atoms. The number of aromatic nitrogens is 2. The monoisotopic (exact) mass is 251 g/mol. The van der Waals surface area contributed by atoms with E-state index in [9.17, 15) is 0 Å². The van der Waals surface area contributed by atoms with E-state index >= 15 is 0 Å². The van der Waals surface area contributed by atoms with Gasteiger partial charge >= 0.3 is 0 Å². The lowest BCUT2D eigenvalue weighted by molar-refractivity contribution is 0.320. The lowest BCUT2D eigenvalue weighted by Gasteiger charge is -2.23. The number of nitrogens with one attached hydrogen (secondary N) is 1. The Labute approximate surface area is 110 Å². The first-order valence-corrected chi connectivity index (χ1v) is 7.25. The summed E-state index contributed by atoms with van der Waals surface area (Å²) < 4.78 is 5.32. The van der Waals surface area contributed by atoms with Gasteiger partial charge in [0, 0.05) is 12.0 Å². The summed E-state index contributed by atoms with van der Waals surface area (Å²) in [7, 11) is 0. The zero-order valence-corrected chi connectivity index (χ0v) is 11.8. The lowest BCUT2D eigenvalue weighted by atomic mass is 9.83. The Hall–Kier alpha value is -0.900. The van der Waals surface area contributed by atoms with Gasteiger partial charge in [-0.05, 0) is 32.1 Å². The van der Waals surface area contributed by atoms with E-state index in [0.717, 1.165) is 24.1 Å². The first-order valence-electron chi connectivity index (χ1n) is 7.25. The second kappa shape index (κ2) is 6.32. The minimum atomic E-state index is 0.496. The molecular weight excluding hydrogens is 226 g/mol. The van der Waals surface area contributed by atoms with Crippen molar-refractivity contribution in [3.05, 3.63) is 11.7 Å². The van der Waals surface area contributed by atoms with E-state index in [1.165, 1.54) is 25.7 Å². The molecule has 1 saturated carbocycles. The van der Waals surface area contributed by atoms with E-state index in [0.29, 0.717) is 18.5 Å². The van der Waals surface area contributed by atoms with Crippen molar-refractivity contribution in [2.24, 2.45) is 5.92 Å². The zero-order chi connectivity index (χ0) is 13.0. The Balaban J connectivity index is 1.86. The molecule has 0 amide bonds. The fourth-order valence-corrected chi connectivity index (χ4v) is 2.43. The van der Waals surface area contributed by atoms with Crippen molar-refractivity contribution in [3.8, 4) is 0 Å². The third-order valence-electron chi connectivity index (χ3n) is 4.08. The van der Waals surface area contributed by atoms with Crippen LogP contribution in [-0.2, 0) is 6.54 Å². The second-order valence-electron chi connectivity index (χ2n) is 5.69. The fraction of sp³-hybridized carbons (Fsp3) is 0.857. The topological polar surface area (TPSA) is 51.0 Å². The highest BCUT2D eigenvalue weighted by Crippen LogP contribution is 2.33. The van der Waals surface area contributed by atoms with Crippen LogP contribution in [0, 0.1) is 5.92 Å². The first kappa shape index (κ1) is 13.5. The first-order chi connectivity index (χ1) is 8.69. The molecule has 2 rings (SSSR count). The fourth-order valence-electron chi connectivity index (χ4n) is 2.43. The number of hydrogen-bond donors (Lipinski definition) is 1. The molecule has 0 bridgehead atoms. The molecule has 1 atom stereocenters. The van der Waals surface area contributed by atoms with Gasteiger partial charge in [-0.3, -0.25) is 0 Å². The average molecular weight is 251 g/mol. The second-order valence-corrected chi connectivity index (χ2v) is 5.69. The molecule has 4 heteroatoms. The average Bonchev–Trinajstić information content (AvgIpc) is 2.85. The van der Waals surface area contributed by atoms with Gasteiger partial charge in [0.2, 0.25) is 5.89 Å². The van der Waals surface area contributed by atoms with E-state index in [-0.39, 0.29) is 0 Å². The van der Waals surface area contributed by atoms with Gasteiger partial charge in [-0.2, -0.15) is 4.98 Å². The zero-order valence-electron chi connectivity index (χ0n) is 11.8. The minimum absolute atomic E-state index is 0.496. The van der Waals surface area contributed by atoms with Gasteiger partial charge in [0.1, 0.15) is 0 Å². The van der Waals surface area contributed by atoms with Crippen LogP contribution in [0.25, 0.3) is 0 Å². The van der Waals surface area contributed by atoms with Crippen LogP contribution in [0.15, 0.2) is 4.52 Å². The van der Waals surface area contributed by atoms with Gasteiger partial charge in [-0.25, -0.2) is 0 Å². The number of rotatable bonds is 5. The third-order valence-corrected chi connectivity index (χ3v) is 4.08. The molecule has 1 heterocycles. The van der Waals surface area contributed by atoms with Crippen LogP contribution >= 0.6 is 0 Å². The molecule has 4 nitrogen and oxygen atoms in total.